The minimum atomic E-state index is -0.273. The summed E-state index contributed by atoms with van der Waals surface area (Å²) in [6.07, 6.45) is 8.51. The number of nitrogens with zero attached hydrogens (tertiary/aromatic N) is 5. The Bertz CT molecular complexity index is 1380. The lowest BCUT2D eigenvalue weighted by atomic mass is 10.1. The van der Waals surface area contributed by atoms with Gasteiger partial charge >= 0.3 is 0 Å². The Kier molecular flexibility index (Phi) is 5.87. The van der Waals surface area contributed by atoms with E-state index in [0.29, 0.717) is 28.9 Å². The van der Waals surface area contributed by atoms with Gasteiger partial charge in [0.15, 0.2) is 0 Å². The Hall–Kier alpha value is -3.97. The van der Waals surface area contributed by atoms with Crippen molar-refractivity contribution in [3.05, 3.63) is 102 Å². The molecule has 5 aromatic rings. The molecule has 1 N–H and O–H groups in total. The number of carbonyl (C=O) groups excluding carboxylic acids is 1. The van der Waals surface area contributed by atoms with Crippen LogP contribution in [-0.2, 0) is 13.0 Å². The number of pyridine rings is 1. The zero-order valence-electron chi connectivity index (χ0n) is 17.7. The summed E-state index contributed by atoms with van der Waals surface area (Å²) in [6, 6.07) is 19.4. The van der Waals surface area contributed by atoms with Crippen LogP contribution in [0.15, 0.2) is 85.6 Å². The molecule has 0 bridgehead atoms. The van der Waals surface area contributed by atoms with Crippen molar-refractivity contribution in [3.8, 4) is 5.82 Å². The summed E-state index contributed by atoms with van der Waals surface area (Å²) >= 11 is 6.17. The van der Waals surface area contributed by atoms with Crippen molar-refractivity contribution < 1.29 is 4.79 Å². The molecule has 0 radical (unpaired) electrons. The molecule has 0 saturated heterocycles. The van der Waals surface area contributed by atoms with Crippen molar-refractivity contribution in [3.63, 3.8) is 0 Å². The molecule has 0 atom stereocenters. The monoisotopic (exact) mass is 456 g/mol. The maximum atomic E-state index is 13.0. The van der Waals surface area contributed by atoms with Crippen molar-refractivity contribution in [2.45, 2.75) is 19.4 Å². The van der Waals surface area contributed by atoms with E-state index in [2.05, 4.69) is 32.4 Å². The van der Waals surface area contributed by atoms with E-state index in [1.54, 1.807) is 41.6 Å². The maximum Gasteiger partial charge on any atom is 0.259 e. The molecule has 0 aliphatic carbocycles. The highest BCUT2D eigenvalue weighted by atomic mass is 35.5. The van der Waals surface area contributed by atoms with Crippen LogP contribution in [0.2, 0.25) is 5.02 Å². The van der Waals surface area contributed by atoms with Gasteiger partial charge in [0, 0.05) is 30.2 Å². The molecule has 0 fully saturated rings. The predicted molar refractivity (Wildman–Crippen MR) is 129 cm³/mol. The minimum Gasteiger partial charge on any atom is -0.310 e. The molecular weight excluding hydrogens is 436 g/mol. The average Bonchev–Trinajstić information content (AvgIpc) is 3.48. The molecule has 0 saturated carbocycles. The van der Waals surface area contributed by atoms with Gasteiger partial charge in [-0.1, -0.05) is 41.9 Å². The molecule has 3 aromatic heterocycles. The Labute approximate surface area is 195 Å². The van der Waals surface area contributed by atoms with Crippen LogP contribution in [0.4, 0.5) is 5.95 Å². The molecular formula is C25H21ClN6O. The van der Waals surface area contributed by atoms with E-state index < -0.39 is 0 Å². The summed E-state index contributed by atoms with van der Waals surface area (Å²) in [4.78, 5) is 26.0. The summed E-state index contributed by atoms with van der Waals surface area (Å²) in [6.45, 7) is 0.709. The van der Waals surface area contributed by atoms with Gasteiger partial charge in [0.05, 0.1) is 16.6 Å². The van der Waals surface area contributed by atoms with Crippen LogP contribution in [0, 0.1) is 0 Å². The van der Waals surface area contributed by atoms with Crippen LogP contribution in [0.25, 0.3) is 16.9 Å². The van der Waals surface area contributed by atoms with Crippen LogP contribution in [0.1, 0.15) is 22.3 Å². The van der Waals surface area contributed by atoms with Crippen LogP contribution in [0.5, 0.6) is 0 Å². The Morgan fingerprint density at radius 1 is 1.06 bits per heavy atom. The third kappa shape index (κ3) is 4.63. The first-order valence-electron chi connectivity index (χ1n) is 10.6. The van der Waals surface area contributed by atoms with E-state index in [9.17, 15) is 4.79 Å². The number of fused-ring (bicyclic) bond motifs is 1. The number of halogens is 1. The van der Waals surface area contributed by atoms with Gasteiger partial charge in [-0.25, -0.2) is 15.0 Å². The van der Waals surface area contributed by atoms with Gasteiger partial charge in [-0.15, -0.1) is 0 Å². The molecule has 0 aliphatic heterocycles. The summed E-state index contributed by atoms with van der Waals surface area (Å²) in [5, 5.41) is 3.55. The zero-order chi connectivity index (χ0) is 22.6. The van der Waals surface area contributed by atoms with Crippen molar-refractivity contribution in [1.82, 2.24) is 24.1 Å². The number of hydrogen-bond donors (Lipinski definition) is 1. The van der Waals surface area contributed by atoms with E-state index in [-0.39, 0.29) is 5.91 Å². The lowest BCUT2D eigenvalue weighted by Crippen LogP contribution is -2.16. The lowest BCUT2D eigenvalue weighted by Gasteiger charge is -2.11. The molecule has 0 unspecified atom stereocenters. The normalized spacial score (nSPS) is 11.1. The third-order valence-electron chi connectivity index (χ3n) is 5.40. The summed E-state index contributed by atoms with van der Waals surface area (Å²) in [5.41, 5.74) is 3.39. The van der Waals surface area contributed by atoms with Gasteiger partial charge in [0.1, 0.15) is 12.1 Å². The zero-order valence-corrected chi connectivity index (χ0v) is 18.5. The number of rotatable bonds is 7. The lowest BCUT2D eigenvalue weighted by molar-refractivity contribution is 0.102. The standard InChI is InChI=1S/C25H21ClN6O/c26-20-9-10-22-21(15-20)29-25(32(22)13-4-7-18-5-2-1-3-6-18)30-24(33)19-8-11-23(28-16-19)31-14-12-27-17-31/h1-3,5-6,8-12,14-17H,4,7,13H2,(H,29,30,33). The van der Waals surface area contributed by atoms with Gasteiger partial charge in [-0.3, -0.25) is 14.7 Å². The number of aryl methyl sites for hydroxylation is 2. The van der Waals surface area contributed by atoms with Gasteiger partial charge in [-0.05, 0) is 48.7 Å². The fourth-order valence-electron chi connectivity index (χ4n) is 3.75. The number of carbonyl (C=O) groups is 1. The number of anilines is 1. The average molecular weight is 457 g/mol. The van der Waals surface area contributed by atoms with E-state index in [0.717, 1.165) is 23.9 Å². The summed E-state index contributed by atoms with van der Waals surface area (Å²) in [7, 11) is 0. The van der Waals surface area contributed by atoms with Crippen LogP contribution >= 0.6 is 11.6 Å². The molecule has 33 heavy (non-hydrogen) atoms. The van der Waals surface area contributed by atoms with Crippen molar-refractivity contribution in [1.29, 1.82) is 0 Å². The second-order valence-electron chi connectivity index (χ2n) is 7.64. The first-order chi connectivity index (χ1) is 16.2. The van der Waals surface area contributed by atoms with E-state index in [1.807, 2.05) is 41.0 Å². The molecule has 3 heterocycles. The highest BCUT2D eigenvalue weighted by molar-refractivity contribution is 6.31. The van der Waals surface area contributed by atoms with Crippen molar-refractivity contribution >= 4 is 34.5 Å². The minimum absolute atomic E-state index is 0.273. The molecule has 2 aromatic carbocycles. The number of benzene rings is 2. The molecule has 0 spiro atoms. The fourth-order valence-corrected chi connectivity index (χ4v) is 3.92. The van der Waals surface area contributed by atoms with Gasteiger partial charge in [0.2, 0.25) is 5.95 Å². The van der Waals surface area contributed by atoms with Crippen molar-refractivity contribution in [2.75, 3.05) is 5.32 Å². The second-order valence-corrected chi connectivity index (χ2v) is 8.07. The van der Waals surface area contributed by atoms with Gasteiger partial charge in [-0.2, -0.15) is 0 Å². The number of hydrogen-bond acceptors (Lipinski definition) is 4. The van der Waals surface area contributed by atoms with Crippen molar-refractivity contribution in [2.24, 2.45) is 0 Å². The topological polar surface area (TPSA) is 77.6 Å². The highest BCUT2D eigenvalue weighted by Gasteiger charge is 2.15. The molecule has 5 rings (SSSR count). The van der Waals surface area contributed by atoms with E-state index in [4.69, 9.17) is 11.6 Å². The smallest absolute Gasteiger partial charge is 0.259 e. The summed E-state index contributed by atoms with van der Waals surface area (Å²) in [5.74, 6) is 0.904. The number of aromatic nitrogens is 5. The molecule has 0 aliphatic rings. The van der Waals surface area contributed by atoms with E-state index in [1.165, 1.54) is 5.56 Å². The number of nitrogens with one attached hydrogen (secondary N) is 1. The fraction of sp³-hybridized carbons (Fsp3) is 0.120. The van der Waals surface area contributed by atoms with Gasteiger partial charge < -0.3 is 4.57 Å². The molecule has 164 valence electrons. The number of amides is 1. The third-order valence-corrected chi connectivity index (χ3v) is 5.64. The second kappa shape index (κ2) is 9.26. The Morgan fingerprint density at radius 3 is 2.70 bits per heavy atom. The quantitative estimate of drug-likeness (QED) is 0.367. The highest BCUT2D eigenvalue weighted by Crippen LogP contribution is 2.24. The summed E-state index contributed by atoms with van der Waals surface area (Å²) < 4.78 is 3.80. The maximum absolute atomic E-state index is 13.0. The Morgan fingerprint density at radius 2 is 1.94 bits per heavy atom. The predicted octanol–water partition coefficient (Wildman–Crippen LogP) is 5.16. The van der Waals surface area contributed by atoms with Gasteiger partial charge in [0.25, 0.3) is 5.91 Å². The van der Waals surface area contributed by atoms with Crippen LogP contribution < -0.4 is 5.32 Å². The van der Waals surface area contributed by atoms with Crippen LogP contribution in [0.3, 0.4) is 0 Å². The number of imidazole rings is 2. The SMILES string of the molecule is O=C(Nc1nc2cc(Cl)ccc2n1CCCc1ccccc1)c1ccc(-n2ccnc2)nc1. The van der Waals surface area contributed by atoms with Crippen LogP contribution in [-0.4, -0.2) is 30.0 Å². The first-order valence-corrected chi connectivity index (χ1v) is 11.0. The molecule has 8 heteroatoms. The molecule has 1 amide bonds. The molecule has 7 nitrogen and oxygen atoms in total. The largest absolute Gasteiger partial charge is 0.310 e. The first kappa shape index (κ1) is 20.9. The Balaban J connectivity index is 1.37. The van der Waals surface area contributed by atoms with E-state index >= 15 is 0 Å².